The zero-order chi connectivity index (χ0) is 17.6. The van der Waals surface area contributed by atoms with E-state index in [0.717, 1.165) is 43.1 Å². The van der Waals surface area contributed by atoms with Crippen LogP contribution >= 0.6 is 22.9 Å². The van der Waals surface area contributed by atoms with Crippen LogP contribution < -0.4 is 0 Å². The number of nitrogens with zero attached hydrogens (tertiary/aromatic N) is 5. The van der Waals surface area contributed by atoms with Crippen molar-refractivity contribution < 1.29 is 0 Å². The molecule has 0 fully saturated rings. The van der Waals surface area contributed by atoms with Gasteiger partial charge in [-0.2, -0.15) is 5.11 Å². The van der Waals surface area contributed by atoms with E-state index in [1.165, 1.54) is 11.3 Å². The molecule has 4 aromatic rings. The third-order valence-electron chi connectivity index (χ3n) is 3.95. The maximum atomic E-state index is 6.30. The van der Waals surface area contributed by atoms with Gasteiger partial charge < -0.3 is 0 Å². The van der Waals surface area contributed by atoms with E-state index >= 15 is 0 Å². The highest BCUT2D eigenvalue weighted by Crippen LogP contribution is 2.40. The molecule has 0 saturated heterocycles. The fourth-order valence-electron chi connectivity index (χ4n) is 2.80. The van der Waals surface area contributed by atoms with Crippen molar-refractivity contribution in [1.82, 2.24) is 15.0 Å². The van der Waals surface area contributed by atoms with Crippen molar-refractivity contribution in [3.63, 3.8) is 0 Å². The van der Waals surface area contributed by atoms with Crippen LogP contribution in [-0.2, 0) is 0 Å². The number of hydrogen-bond donors (Lipinski definition) is 0. The first-order valence-electron chi connectivity index (χ1n) is 7.75. The van der Waals surface area contributed by atoms with Gasteiger partial charge >= 0.3 is 0 Å². The Labute approximate surface area is 153 Å². The maximum Gasteiger partial charge on any atom is 0.150 e. The van der Waals surface area contributed by atoms with Gasteiger partial charge in [-0.15, -0.1) is 16.5 Å². The molecule has 0 radical (unpaired) electrons. The van der Waals surface area contributed by atoms with E-state index in [1.807, 2.05) is 51.1 Å². The SMILES string of the molecule is Cc1nc(Cl)c2sc3nc(C)c(N=Nc4ccccc4)c(C)c3c2n1. The molecule has 0 atom stereocenters. The standard InChI is InChI=1S/C18H14ClN5S/c1-9-13-15-16(17(19)22-11(3)21-15)25-18(13)20-10(2)14(9)24-23-12-7-5-4-6-8-12/h4-8H,1-3H3. The molecule has 3 heterocycles. The molecule has 0 saturated carbocycles. The second kappa shape index (κ2) is 6.13. The predicted molar refractivity (Wildman–Crippen MR) is 103 cm³/mol. The van der Waals surface area contributed by atoms with Crippen LogP contribution in [0.15, 0.2) is 40.6 Å². The van der Waals surface area contributed by atoms with Gasteiger partial charge in [0.05, 0.1) is 21.6 Å². The predicted octanol–water partition coefficient (Wildman–Crippen LogP) is 6.23. The minimum atomic E-state index is 0.468. The van der Waals surface area contributed by atoms with E-state index in [1.54, 1.807) is 0 Å². The highest BCUT2D eigenvalue weighted by molar-refractivity contribution is 7.26. The molecule has 0 N–H and O–H groups in total. The average Bonchev–Trinajstić information content (AvgIpc) is 2.94. The van der Waals surface area contributed by atoms with Crippen LogP contribution in [0.3, 0.4) is 0 Å². The van der Waals surface area contributed by atoms with E-state index in [2.05, 4.69) is 20.2 Å². The van der Waals surface area contributed by atoms with Crippen LogP contribution in [0.5, 0.6) is 0 Å². The first-order valence-corrected chi connectivity index (χ1v) is 8.94. The van der Waals surface area contributed by atoms with Crippen molar-refractivity contribution in [3.05, 3.63) is 52.6 Å². The highest BCUT2D eigenvalue weighted by Gasteiger charge is 2.18. The number of halogens is 1. The van der Waals surface area contributed by atoms with Crippen LogP contribution in [0.1, 0.15) is 17.1 Å². The normalized spacial score (nSPS) is 11.8. The third-order valence-corrected chi connectivity index (χ3v) is 5.41. The van der Waals surface area contributed by atoms with Crippen molar-refractivity contribution in [2.45, 2.75) is 20.8 Å². The molecule has 0 unspecified atom stereocenters. The molecule has 0 spiro atoms. The monoisotopic (exact) mass is 367 g/mol. The van der Waals surface area contributed by atoms with E-state index in [4.69, 9.17) is 16.6 Å². The summed E-state index contributed by atoms with van der Waals surface area (Å²) in [6.45, 7) is 5.80. The molecule has 124 valence electrons. The second-order valence-corrected chi connectivity index (χ2v) is 7.09. The van der Waals surface area contributed by atoms with Crippen molar-refractivity contribution in [2.24, 2.45) is 10.2 Å². The lowest BCUT2D eigenvalue weighted by Crippen LogP contribution is -1.90. The molecule has 4 rings (SSSR count). The zero-order valence-electron chi connectivity index (χ0n) is 13.9. The molecule has 0 bridgehead atoms. The van der Waals surface area contributed by atoms with Gasteiger partial charge in [-0.1, -0.05) is 29.8 Å². The van der Waals surface area contributed by atoms with E-state index in [-0.39, 0.29) is 0 Å². The van der Waals surface area contributed by atoms with Gasteiger partial charge in [0.15, 0.2) is 5.15 Å². The molecule has 3 aromatic heterocycles. The van der Waals surface area contributed by atoms with Gasteiger partial charge in [0.2, 0.25) is 0 Å². The fourth-order valence-corrected chi connectivity index (χ4v) is 4.23. The average molecular weight is 368 g/mol. The molecule has 0 aliphatic carbocycles. The Bertz CT molecular complexity index is 1140. The minimum absolute atomic E-state index is 0.468. The summed E-state index contributed by atoms with van der Waals surface area (Å²) in [5, 5.41) is 10.2. The second-order valence-electron chi connectivity index (χ2n) is 5.73. The molecule has 0 aliphatic rings. The van der Waals surface area contributed by atoms with Crippen LogP contribution in [0, 0.1) is 20.8 Å². The third kappa shape index (κ3) is 2.77. The van der Waals surface area contributed by atoms with Crippen LogP contribution in [0.2, 0.25) is 5.15 Å². The van der Waals surface area contributed by atoms with E-state index in [9.17, 15) is 0 Å². The first kappa shape index (κ1) is 16.1. The van der Waals surface area contributed by atoms with E-state index < -0.39 is 0 Å². The largest absolute Gasteiger partial charge is 0.240 e. The van der Waals surface area contributed by atoms with Gasteiger partial charge in [-0.25, -0.2) is 15.0 Å². The number of thiophene rings is 1. The van der Waals surface area contributed by atoms with Crippen LogP contribution in [-0.4, -0.2) is 15.0 Å². The Morgan fingerprint density at radius 1 is 0.960 bits per heavy atom. The number of azo groups is 1. The zero-order valence-corrected chi connectivity index (χ0v) is 15.5. The molecular weight excluding hydrogens is 354 g/mol. The lowest BCUT2D eigenvalue weighted by molar-refractivity contribution is 1.10. The van der Waals surface area contributed by atoms with Crippen LogP contribution in [0.25, 0.3) is 20.4 Å². The topological polar surface area (TPSA) is 63.4 Å². The lowest BCUT2D eigenvalue weighted by atomic mass is 10.1. The van der Waals surface area contributed by atoms with Crippen molar-refractivity contribution >= 4 is 54.7 Å². The number of benzene rings is 1. The Morgan fingerprint density at radius 3 is 2.48 bits per heavy atom. The quantitative estimate of drug-likeness (QED) is 0.311. The number of fused-ring (bicyclic) bond motifs is 3. The molecule has 5 nitrogen and oxygen atoms in total. The molecular formula is C18H14ClN5S. The van der Waals surface area contributed by atoms with Gasteiger partial charge in [0.25, 0.3) is 0 Å². The summed E-state index contributed by atoms with van der Waals surface area (Å²) in [6.07, 6.45) is 0. The fraction of sp³-hybridized carbons (Fsp3) is 0.167. The summed E-state index contributed by atoms with van der Waals surface area (Å²) in [7, 11) is 0. The van der Waals surface area contributed by atoms with Gasteiger partial charge in [-0.3, -0.25) is 0 Å². The summed E-state index contributed by atoms with van der Waals surface area (Å²) >= 11 is 7.80. The summed E-state index contributed by atoms with van der Waals surface area (Å²) in [5.41, 5.74) is 4.24. The smallest absolute Gasteiger partial charge is 0.150 e. The number of rotatable bonds is 2. The Hall–Kier alpha value is -2.44. The van der Waals surface area contributed by atoms with Gasteiger partial charge in [0, 0.05) is 5.39 Å². The summed E-state index contributed by atoms with van der Waals surface area (Å²) in [6, 6.07) is 9.65. The minimum Gasteiger partial charge on any atom is -0.240 e. The van der Waals surface area contributed by atoms with Crippen LogP contribution in [0.4, 0.5) is 11.4 Å². The number of pyridine rings is 1. The molecule has 1 aromatic carbocycles. The Balaban J connectivity index is 1.97. The van der Waals surface area contributed by atoms with E-state index in [0.29, 0.717) is 11.0 Å². The number of hydrogen-bond acceptors (Lipinski definition) is 6. The van der Waals surface area contributed by atoms with Gasteiger partial charge in [0.1, 0.15) is 16.3 Å². The summed E-state index contributed by atoms with van der Waals surface area (Å²) in [5.74, 6) is 0.643. The highest BCUT2D eigenvalue weighted by atomic mass is 35.5. The Kier molecular flexibility index (Phi) is 3.94. The van der Waals surface area contributed by atoms with Crippen molar-refractivity contribution in [3.8, 4) is 0 Å². The number of aromatic nitrogens is 3. The molecule has 0 amide bonds. The first-order chi connectivity index (χ1) is 12.0. The molecule has 7 heteroatoms. The summed E-state index contributed by atoms with van der Waals surface area (Å²) < 4.78 is 0.856. The lowest BCUT2D eigenvalue weighted by Gasteiger charge is -2.05. The molecule has 0 aliphatic heterocycles. The maximum absolute atomic E-state index is 6.30. The summed E-state index contributed by atoms with van der Waals surface area (Å²) in [4.78, 5) is 14.4. The van der Waals surface area contributed by atoms with Gasteiger partial charge in [-0.05, 0) is 38.5 Å². The Morgan fingerprint density at radius 2 is 1.72 bits per heavy atom. The van der Waals surface area contributed by atoms with Crippen molar-refractivity contribution in [2.75, 3.05) is 0 Å². The number of aryl methyl sites for hydroxylation is 3. The van der Waals surface area contributed by atoms with Crippen molar-refractivity contribution in [1.29, 1.82) is 0 Å². The molecule has 25 heavy (non-hydrogen) atoms.